The van der Waals surface area contributed by atoms with E-state index >= 15 is 0 Å². The summed E-state index contributed by atoms with van der Waals surface area (Å²) in [6.07, 6.45) is 0. The molecule has 8 aromatic carbocycles. The molecular formula is C50H30N4O. The van der Waals surface area contributed by atoms with Gasteiger partial charge in [-0.15, -0.1) is 0 Å². The van der Waals surface area contributed by atoms with Crippen molar-refractivity contribution < 1.29 is 4.42 Å². The van der Waals surface area contributed by atoms with Gasteiger partial charge in [-0.05, 0) is 48.5 Å². The van der Waals surface area contributed by atoms with Crippen molar-refractivity contribution in [3.8, 4) is 34.0 Å². The molecule has 0 aliphatic carbocycles. The molecule has 55 heavy (non-hydrogen) atoms. The number of fused-ring (bicyclic) bond motifs is 13. The van der Waals surface area contributed by atoms with Crippen LogP contribution < -0.4 is 0 Å². The first-order valence-electron chi connectivity index (χ1n) is 18.6. The average Bonchev–Trinajstić information content (AvgIpc) is 3.92. The van der Waals surface area contributed by atoms with Crippen molar-refractivity contribution >= 4 is 76.5 Å². The lowest BCUT2D eigenvalue weighted by Crippen LogP contribution is -2.00. The molecule has 12 aromatic rings. The molecule has 256 valence electrons. The number of benzene rings is 8. The number of aromatic nitrogens is 4. The fourth-order valence-corrected chi connectivity index (χ4v) is 8.80. The molecule has 4 heterocycles. The quantitative estimate of drug-likeness (QED) is 0.183. The lowest BCUT2D eigenvalue weighted by atomic mass is 10.0. The summed E-state index contributed by atoms with van der Waals surface area (Å²) in [5.74, 6) is 0.687. The van der Waals surface area contributed by atoms with E-state index in [9.17, 15) is 0 Å². The Labute approximate surface area is 315 Å². The van der Waals surface area contributed by atoms with E-state index in [4.69, 9.17) is 14.4 Å². The van der Waals surface area contributed by atoms with Crippen LogP contribution in [0.4, 0.5) is 0 Å². The first-order chi connectivity index (χ1) is 27.3. The van der Waals surface area contributed by atoms with E-state index < -0.39 is 0 Å². The Bertz CT molecular complexity index is 3480. The van der Waals surface area contributed by atoms with Gasteiger partial charge in [-0.2, -0.15) is 0 Å². The van der Waals surface area contributed by atoms with Crippen molar-refractivity contribution in [1.82, 2.24) is 19.1 Å². The molecule has 4 aromatic heterocycles. The SMILES string of the molecule is c1ccc(-c2nc(-c3cccc(-n4c5ccccc5c5c6c7ccccc7oc6c6c7ccccc7n(-c7ccccc7)c6c54)c3)nc3ccccc23)cc1. The number of furan rings is 1. The maximum Gasteiger partial charge on any atom is 0.160 e. The minimum atomic E-state index is 0.687. The minimum absolute atomic E-state index is 0.687. The van der Waals surface area contributed by atoms with Crippen LogP contribution in [-0.4, -0.2) is 19.1 Å². The molecular weight excluding hydrogens is 673 g/mol. The zero-order valence-electron chi connectivity index (χ0n) is 29.5. The highest BCUT2D eigenvalue weighted by atomic mass is 16.3. The molecule has 0 saturated heterocycles. The highest BCUT2D eigenvalue weighted by Crippen LogP contribution is 2.49. The van der Waals surface area contributed by atoms with Gasteiger partial charge in [0.15, 0.2) is 5.82 Å². The lowest BCUT2D eigenvalue weighted by Gasteiger charge is -2.14. The van der Waals surface area contributed by atoms with Gasteiger partial charge in [-0.1, -0.05) is 133 Å². The molecule has 0 aliphatic rings. The van der Waals surface area contributed by atoms with E-state index in [-0.39, 0.29) is 0 Å². The van der Waals surface area contributed by atoms with Gasteiger partial charge in [0.1, 0.15) is 11.2 Å². The second-order valence-electron chi connectivity index (χ2n) is 14.1. The Morgan fingerprint density at radius 2 is 0.964 bits per heavy atom. The molecule has 0 N–H and O–H groups in total. The molecule has 12 rings (SSSR count). The molecule has 5 nitrogen and oxygen atoms in total. The van der Waals surface area contributed by atoms with Crippen molar-refractivity contribution in [3.63, 3.8) is 0 Å². The third-order valence-electron chi connectivity index (χ3n) is 11.1. The lowest BCUT2D eigenvalue weighted by molar-refractivity contribution is 0.673. The van der Waals surface area contributed by atoms with E-state index in [1.54, 1.807) is 0 Å². The molecule has 0 atom stereocenters. The Morgan fingerprint density at radius 1 is 0.400 bits per heavy atom. The maximum atomic E-state index is 6.92. The van der Waals surface area contributed by atoms with Crippen molar-refractivity contribution in [1.29, 1.82) is 0 Å². The zero-order valence-corrected chi connectivity index (χ0v) is 29.5. The summed E-state index contributed by atoms with van der Waals surface area (Å²) in [6, 6.07) is 63.9. The van der Waals surface area contributed by atoms with Gasteiger partial charge < -0.3 is 13.6 Å². The van der Waals surface area contributed by atoms with Crippen molar-refractivity contribution in [2.75, 3.05) is 0 Å². The second kappa shape index (κ2) is 11.5. The summed E-state index contributed by atoms with van der Waals surface area (Å²) in [6.45, 7) is 0. The highest BCUT2D eigenvalue weighted by Gasteiger charge is 2.27. The molecule has 0 unspecified atom stereocenters. The van der Waals surface area contributed by atoms with Crippen LogP contribution in [0.5, 0.6) is 0 Å². The van der Waals surface area contributed by atoms with Gasteiger partial charge >= 0.3 is 0 Å². The fraction of sp³-hybridized carbons (Fsp3) is 0. The smallest absolute Gasteiger partial charge is 0.160 e. The molecule has 5 heteroatoms. The largest absolute Gasteiger partial charge is 0.455 e. The van der Waals surface area contributed by atoms with Crippen LogP contribution >= 0.6 is 0 Å². The van der Waals surface area contributed by atoms with Crippen LogP contribution in [0.2, 0.25) is 0 Å². The normalized spacial score (nSPS) is 12.0. The van der Waals surface area contributed by atoms with Crippen molar-refractivity contribution in [2.45, 2.75) is 0 Å². The topological polar surface area (TPSA) is 48.8 Å². The molecule has 0 radical (unpaired) electrons. The molecule has 0 bridgehead atoms. The minimum Gasteiger partial charge on any atom is -0.455 e. The van der Waals surface area contributed by atoms with Gasteiger partial charge in [0.2, 0.25) is 0 Å². The number of hydrogen-bond donors (Lipinski definition) is 0. The molecule has 0 aliphatic heterocycles. The summed E-state index contributed by atoms with van der Waals surface area (Å²) >= 11 is 0. The Kier molecular flexibility index (Phi) is 6.27. The van der Waals surface area contributed by atoms with Crippen LogP contribution in [0.25, 0.3) is 110 Å². The van der Waals surface area contributed by atoms with E-state index in [1.165, 1.54) is 10.8 Å². The third-order valence-corrected chi connectivity index (χ3v) is 11.1. The van der Waals surface area contributed by atoms with E-state index in [1.807, 2.05) is 12.1 Å². The van der Waals surface area contributed by atoms with Crippen LogP contribution in [0.15, 0.2) is 186 Å². The molecule has 0 amide bonds. The van der Waals surface area contributed by atoms with Gasteiger partial charge in [-0.25, -0.2) is 9.97 Å². The van der Waals surface area contributed by atoms with Crippen molar-refractivity contribution in [3.05, 3.63) is 182 Å². The Balaban J connectivity index is 1.25. The Morgan fingerprint density at radius 3 is 1.75 bits per heavy atom. The first kappa shape index (κ1) is 30.0. The van der Waals surface area contributed by atoms with Gasteiger partial charge in [-0.3, -0.25) is 0 Å². The van der Waals surface area contributed by atoms with Gasteiger partial charge in [0.05, 0.1) is 38.7 Å². The maximum absolute atomic E-state index is 6.92. The summed E-state index contributed by atoms with van der Waals surface area (Å²) in [4.78, 5) is 10.4. The van der Waals surface area contributed by atoms with Crippen LogP contribution in [0.3, 0.4) is 0 Å². The monoisotopic (exact) mass is 702 g/mol. The molecule has 0 spiro atoms. The Hall–Kier alpha value is -7.50. The van der Waals surface area contributed by atoms with E-state index in [0.717, 1.165) is 93.9 Å². The number of para-hydroxylation sites is 5. The second-order valence-corrected chi connectivity index (χ2v) is 14.1. The predicted octanol–water partition coefficient (Wildman–Crippen LogP) is 13.1. The van der Waals surface area contributed by atoms with Gasteiger partial charge in [0, 0.05) is 54.8 Å². The fourth-order valence-electron chi connectivity index (χ4n) is 8.80. The van der Waals surface area contributed by atoms with Crippen molar-refractivity contribution in [2.24, 2.45) is 0 Å². The number of nitrogens with zero attached hydrogens (tertiary/aromatic N) is 4. The molecule has 0 saturated carbocycles. The van der Waals surface area contributed by atoms with E-state index in [0.29, 0.717) is 5.82 Å². The summed E-state index contributed by atoms with van der Waals surface area (Å²) in [5, 5.41) is 7.85. The predicted molar refractivity (Wildman–Crippen MR) is 226 cm³/mol. The van der Waals surface area contributed by atoms with Crippen LogP contribution in [-0.2, 0) is 0 Å². The molecule has 0 fully saturated rings. The van der Waals surface area contributed by atoms with Crippen LogP contribution in [0, 0.1) is 0 Å². The van der Waals surface area contributed by atoms with Crippen LogP contribution in [0.1, 0.15) is 0 Å². The van der Waals surface area contributed by atoms with E-state index in [2.05, 4.69) is 179 Å². The van der Waals surface area contributed by atoms with Gasteiger partial charge in [0.25, 0.3) is 0 Å². The third kappa shape index (κ3) is 4.29. The summed E-state index contributed by atoms with van der Waals surface area (Å²) in [7, 11) is 0. The first-order valence-corrected chi connectivity index (χ1v) is 18.6. The zero-order chi connectivity index (χ0) is 36.0. The standard InChI is InChI=1S/C50H30N4O/c1-3-16-31(17-4-1)46-35-22-7-11-26-39(35)51-50(52-46)32-18-15-21-34(30-32)54-40-27-12-8-23-36(40)43-44-38-25-10-14-29-42(38)55-49(44)45-37-24-9-13-28-41(37)53(48(45)47(43)54)33-19-5-2-6-20-33/h1-30H. The highest BCUT2D eigenvalue weighted by molar-refractivity contribution is 6.39. The summed E-state index contributed by atoms with van der Waals surface area (Å²) in [5.41, 5.74) is 12.2. The number of rotatable bonds is 4. The number of hydrogen-bond acceptors (Lipinski definition) is 3. The summed E-state index contributed by atoms with van der Waals surface area (Å²) < 4.78 is 11.8. The average molecular weight is 703 g/mol.